The number of nitrogens with zero attached hydrogens (tertiary/aromatic N) is 2. The van der Waals surface area contributed by atoms with Crippen LogP contribution in [-0.4, -0.2) is 65.6 Å². The van der Waals surface area contributed by atoms with E-state index in [-0.39, 0.29) is 17.4 Å². The summed E-state index contributed by atoms with van der Waals surface area (Å²) >= 11 is 0.461. The number of hydrogen-bond donors (Lipinski definition) is 1. The van der Waals surface area contributed by atoms with Gasteiger partial charge in [-0.15, -0.1) is 0 Å². The molecule has 0 spiro atoms. The van der Waals surface area contributed by atoms with Crippen LogP contribution in [0.3, 0.4) is 0 Å². The minimum Gasteiger partial charge on any atom is -0.350 e. The van der Waals surface area contributed by atoms with E-state index in [1.54, 1.807) is 17.0 Å². The van der Waals surface area contributed by atoms with Gasteiger partial charge in [0, 0.05) is 42.2 Å². The Morgan fingerprint density at radius 1 is 1.12 bits per heavy atom. The molecule has 0 atom stereocenters. The summed E-state index contributed by atoms with van der Waals surface area (Å²) in [5, 5.41) is 2.93. The highest BCUT2D eigenvalue weighted by molar-refractivity contribution is 7.99. The van der Waals surface area contributed by atoms with Gasteiger partial charge in [0.25, 0.3) is 11.7 Å². The second kappa shape index (κ2) is 8.81. The Labute approximate surface area is 157 Å². The molecule has 2 amide bonds. The summed E-state index contributed by atoms with van der Waals surface area (Å²) in [6.07, 6.45) is 0. The zero-order valence-corrected chi connectivity index (χ0v) is 16.1. The molecule has 2 rings (SSSR count). The summed E-state index contributed by atoms with van der Waals surface area (Å²) in [5.41, 5.74) is 0.228. The van der Waals surface area contributed by atoms with Gasteiger partial charge >= 0.3 is 0 Å². The van der Waals surface area contributed by atoms with Crippen LogP contribution in [0.2, 0.25) is 0 Å². The van der Waals surface area contributed by atoms with Gasteiger partial charge in [0.15, 0.2) is 0 Å². The van der Waals surface area contributed by atoms with Crippen LogP contribution in [0.5, 0.6) is 0 Å². The third-order valence-corrected chi connectivity index (χ3v) is 4.59. The first-order valence-electron chi connectivity index (χ1n) is 8.51. The first-order valence-corrected chi connectivity index (χ1v) is 9.39. The van der Waals surface area contributed by atoms with E-state index in [4.69, 9.17) is 0 Å². The zero-order valence-electron chi connectivity index (χ0n) is 15.3. The molecule has 0 unspecified atom stereocenters. The standard InChI is InChI=1S/C18H25F2N3O2S/c1-18(2,3)21-15(24)12-22-8-10-23(11-9-22)16(25)13-4-6-14(7-5-13)26-17(19)20/h4-7,17H,8-12H2,1-3H3,(H,21,24). The summed E-state index contributed by atoms with van der Waals surface area (Å²) in [5.74, 6) is -2.61. The van der Waals surface area contributed by atoms with Crippen LogP contribution in [0, 0.1) is 0 Å². The monoisotopic (exact) mass is 385 g/mol. The van der Waals surface area contributed by atoms with Crippen LogP contribution in [0.25, 0.3) is 0 Å². The molecule has 5 nitrogen and oxygen atoms in total. The Balaban J connectivity index is 1.83. The lowest BCUT2D eigenvalue weighted by molar-refractivity contribution is -0.124. The van der Waals surface area contributed by atoms with Gasteiger partial charge in [-0.3, -0.25) is 14.5 Å². The third kappa shape index (κ3) is 6.57. The molecule has 1 aliphatic rings. The Bertz CT molecular complexity index is 624. The van der Waals surface area contributed by atoms with Crippen molar-refractivity contribution in [2.45, 2.75) is 37.0 Å². The SMILES string of the molecule is CC(C)(C)NC(=O)CN1CCN(C(=O)c2ccc(SC(F)F)cc2)CC1. The van der Waals surface area contributed by atoms with Gasteiger partial charge in [-0.1, -0.05) is 11.8 Å². The minimum absolute atomic E-state index is 0.0237. The van der Waals surface area contributed by atoms with Crippen molar-refractivity contribution in [3.8, 4) is 0 Å². The van der Waals surface area contributed by atoms with E-state index < -0.39 is 5.76 Å². The Kier molecular flexibility index (Phi) is 7.00. The molecule has 1 N–H and O–H groups in total. The number of carbonyl (C=O) groups excluding carboxylic acids is 2. The van der Waals surface area contributed by atoms with Crippen LogP contribution >= 0.6 is 11.8 Å². The predicted molar refractivity (Wildman–Crippen MR) is 98.5 cm³/mol. The first-order chi connectivity index (χ1) is 12.1. The van der Waals surface area contributed by atoms with Crippen LogP contribution in [0.4, 0.5) is 8.78 Å². The molecular formula is C18H25F2N3O2S. The van der Waals surface area contributed by atoms with Gasteiger partial charge in [-0.05, 0) is 45.0 Å². The van der Waals surface area contributed by atoms with Crippen molar-refractivity contribution in [2.24, 2.45) is 0 Å². The average Bonchev–Trinajstić information content (AvgIpc) is 2.53. The van der Waals surface area contributed by atoms with Gasteiger partial charge in [0.2, 0.25) is 5.91 Å². The minimum atomic E-state index is -2.47. The number of thioether (sulfide) groups is 1. The van der Waals surface area contributed by atoms with Crippen molar-refractivity contribution in [3.05, 3.63) is 29.8 Å². The fourth-order valence-electron chi connectivity index (χ4n) is 2.73. The number of amides is 2. The molecule has 1 aromatic carbocycles. The second-order valence-corrected chi connectivity index (χ2v) is 8.33. The number of carbonyl (C=O) groups is 2. The summed E-state index contributed by atoms with van der Waals surface area (Å²) in [6.45, 7) is 8.46. The van der Waals surface area contributed by atoms with Crippen molar-refractivity contribution in [2.75, 3.05) is 32.7 Å². The molecule has 1 fully saturated rings. The quantitative estimate of drug-likeness (QED) is 0.792. The molecule has 1 aromatic rings. The number of benzene rings is 1. The lowest BCUT2D eigenvalue weighted by Crippen LogP contribution is -2.52. The number of piperazine rings is 1. The van der Waals surface area contributed by atoms with Gasteiger partial charge in [-0.2, -0.15) is 8.78 Å². The Morgan fingerprint density at radius 2 is 1.69 bits per heavy atom. The van der Waals surface area contributed by atoms with E-state index in [9.17, 15) is 18.4 Å². The summed E-state index contributed by atoms with van der Waals surface area (Å²) < 4.78 is 24.7. The molecule has 1 heterocycles. The zero-order chi connectivity index (χ0) is 19.3. The predicted octanol–water partition coefficient (Wildman–Crippen LogP) is 2.67. The lowest BCUT2D eigenvalue weighted by atomic mass is 10.1. The van der Waals surface area contributed by atoms with Crippen molar-refractivity contribution in [1.82, 2.24) is 15.1 Å². The number of rotatable bonds is 5. The maximum absolute atomic E-state index is 12.5. The van der Waals surface area contributed by atoms with Crippen LogP contribution < -0.4 is 5.32 Å². The Hall–Kier alpha value is -1.67. The van der Waals surface area contributed by atoms with Crippen molar-refractivity contribution >= 4 is 23.6 Å². The van der Waals surface area contributed by atoms with E-state index in [0.717, 1.165) is 0 Å². The van der Waals surface area contributed by atoms with Gasteiger partial charge < -0.3 is 10.2 Å². The van der Waals surface area contributed by atoms with Crippen molar-refractivity contribution in [1.29, 1.82) is 0 Å². The average molecular weight is 385 g/mol. The molecule has 26 heavy (non-hydrogen) atoms. The molecule has 0 aliphatic carbocycles. The highest BCUT2D eigenvalue weighted by Crippen LogP contribution is 2.25. The highest BCUT2D eigenvalue weighted by Gasteiger charge is 2.24. The van der Waals surface area contributed by atoms with E-state index >= 15 is 0 Å². The number of halogens is 2. The Morgan fingerprint density at radius 3 is 2.19 bits per heavy atom. The van der Waals surface area contributed by atoms with Gasteiger partial charge in [-0.25, -0.2) is 0 Å². The van der Waals surface area contributed by atoms with Crippen molar-refractivity contribution in [3.63, 3.8) is 0 Å². The smallest absolute Gasteiger partial charge is 0.288 e. The molecule has 8 heteroatoms. The van der Waals surface area contributed by atoms with E-state index in [0.29, 0.717) is 54.9 Å². The third-order valence-electron chi connectivity index (χ3n) is 3.87. The van der Waals surface area contributed by atoms with Gasteiger partial charge in [0.05, 0.1) is 6.54 Å². The maximum Gasteiger partial charge on any atom is 0.288 e. The topological polar surface area (TPSA) is 52.7 Å². The largest absolute Gasteiger partial charge is 0.350 e. The van der Waals surface area contributed by atoms with E-state index in [1.807, 2.05) is 25.7 Å². The molecule has 144 valence electrons. The van der Waals surface area contributed by atoms with Gasteiger partial charge in [0.1, 0.15) is 0 Å². The summed E-state index contributed by atoms with van der Waals surface area (Å²) in [7, 11) is 0. The van der Waals surface area contributed by atoms with Crippen molar-refractivity contribution < 1.29 is 18.4 Å². The fraction of sp³-hybridized carbons (Fsp3) is 0.556. The number of alkyl halides is 2. The van der Waals surface area contributed by atoms with E-state index in [2.05, 4.69) is 5.32 Å². The molecule has 1 aliphatic heterocycles. The molecular weight excluding hydrogens is 360 g/mol. The van der Waals surface area contributed by atoms with Crippen LogP contribution in [0.1, 0.15) is 31.1 Å². The number of hydrogen-bond acceptors (Lipinski definition) is 4. The summed E-state index contributed by atoms with van der Waals surface area (Å²) in [6, 6.07) is 6.24. The molecule has 0 saturated carbocycles. The van der Waals surface area contributed by atoms with Crippen LogP contribution in [-0.2, 0) is 4.79 Å². The molecule has 0 bridgehead atoms. The summed E-state index contributed by atoms with van der Waals surface area (Å²) in [4.78, 5) is 28.7. The lowest BCUT2D eigenvalue weighted by Gasteiger charge is -2.35. The molecule has 1 saturated heterocycles. The first kappa shape index (κ1) is 20.6. The highest BCUT2D eigenvalue weighted by atomic mass is 32.2. The fourth-order valence-corrected chi connectivity index (χ4v) is 3.23. The maximum atomic E-state index is 12.5. The molecule has 0 aromatic heterocycles. The van der Waals surface area contributed by atoms with E-state index in [1.165, 1.54) is 12.1 Å². The van der Waals surface area contributed by atoms with Crippen LogP contribution in [0.15, 0.2) is 29.2 Å². The normalized spacial score (nSPS) is 16.0. The molecule has 0 radical (unpaired) electrons. The second-order valence-electron chi connectivity index (χ2n) is 7.27. The number of nitrogens with one attached hydrogen (secondary N) is 1.